The summed E-state index contributed by atoms with van der Waals surface area (Å²) in [5, 5.41) is 8.27. The first-order chi connectivity index (χ1) is 9.74. The van der Waals surface area contributed by atoms with Gasteiger partial charge in [-0.25, -0.2) is 13.6 Å². The summed E-state index contributed by atoms with van der Waals surface area (Å²) in [6.07, 6.45) is 3.15. The summed E-state index contributed by atoms with van der Waals surface area (Å²) < 4.78 is 23.1. The number of halogens is 1. The number of nitrogens with two attached hydrogens (primary N) is 1. The van der Waals surface area contributed by atoms with Crippen molar-refractivity contribution in [1.29, 1.82) is 0 Å². The molecule has 0 spiro atoms. The van der Waals surface area contributed by atoms with E-state index >= 15 is 0 Å². The van der Waals surface area contributed by atoms with Crippen molar-refractivity contribution >= 4 is 27.5 Å². The minimum Gasteiger partial charge on any atom is -0.349 e. The zero-order chi connectivity index (χ0) is 15.8. The van der Waals surface area contributed by atoms with Crippen LogP contribution in [0.3, 0.4) is 0 Å². The third-order valence-corrected chi connectivity index (χ3v) is 5.19. The molecule has 5 nitrogen and oxygen atoms in total. The maximum Gasteiger partial charge on any atom is 0.251 e. The summed E-state index contributed by atoms with van der Waals surface area (Å²) in [5.74, 6) is 0.211. The van der Waals surface area contributed by atoms with Gasteiger partial charge in [-0.3, -0.25) is 4.79 Å². The largest absolute Gasteiger partial charge is 0.349 e. The van der Waals surface area contributed by atoms with Crippen LogP contribution in [0, 0.1) is 12.8 Å². The van der Waals surface area contributed by atoms with E-state index in [0.717, 1.165) is 19.3 Å². The van der Waals surface area contributed by atoms with E-state index in [2.05, 4.69) is 12.2 Å². The molecule has 116 valence electrons. The van der Waals surface area contributed by atoms with Gasteiger partial charge < -0.3 is 5.32 Å². The molecule has 1 saturated carbocycles. The van der Waals surface area contributed by atoms with Crippen molar-refractivity contribution < 1.29 is 13.2 Å². The first-order valence-corrected chi connectivity index (χ1v) is 8.80. The van der Waals surface area contributed by atoms with Gasteiger partial charge in [0.1, 0.15) is 0 Å². The van der Waals surface area contributed by atoms with Gasteiger partial charge in [0, 0.05) is 16.6 Å². The Morgan fingerprint density at radius 2 is 2.14 bits per heavy atom. The second-order valence-corrected chi connectivity index (χ2v) is 7.43. The van der Waals surface area contributed by atoms with E-state index in [1.807, 2.05) is 0 Å². The van der Waals surface area contributed by atoms with Gasteiger partial charge in [-0.1, -0.05) is 24.9 Å². The second-order valence-electron chi connectivity index (χ2n) is 5.49. The summed E-state index contributed by atoms with van der Waals surface area (Å²) in [7, 11) is -3.91. The van der Waals surface area contributed by atoms with Gasteiger partial charge in [0.15, 0.2) is 0 Å². The van der Waals surface area contributed by atoms with Crippen LogP contribution in [0.1, 0.15) is 42.1 Å². The van der Waals surface area contributed by atoms with E-state index in [1.165, 1.54) is 12.1 Å². The molecule has 1 amide bonds. The summed E-state index contributed by atoms with van der Waals surface area (Å²) in [6, 6.07) is 2.93. The molecule has 1 aromatic rings. The van der Waals surface area contributed by atoms with Gasteiger partial charge in [-0.2, -0.15) is 0 Å². The van der Waals surface area contributed by atoms with Crippen LogP contribution in [0.15, 0.2) is 17.0 Å². The summed E-state index contributed by atoms with van der Waals surface area (Å²) in [5.41, 5.74) is 0.572. The fraction of sp³-hybridized carbons (Fsp3) is 0.500. The highest BCUT2D eigenvalue weighted by Gasteiger charge is 2.37. The van der Waals surface area contributed by atoms with Crippen LogP contribution in [0.25, 0.3) is 0 Å². The summed E-state index contributed by atoms with van der Waals surface area (Å²) in [4.78, 5) is 12.1. The molecule has 0 aromatic heterocycles. The monoisotopic (exact) mass is 330 g/mol. The van der Waals surface area contributed by atoms with Crippen LogP contribution in [0.2, 0.25) is 5.02 Å². The van der Waals surface area contributed by atoms with Gasteiger partial charge in [0.05, 0.1) is 4.90 Å². The molecule has 1 aromatic carbocycles. The van der Waals surface area contributed by atoms with E-state index in [4.69, 9.17) is 16.7 Å². The fourth-order valence-electron chi connectivity index (χ4n) is 2.45. The molecule has 1 fully saturated rings. The predicted octanol–water partition coefficient (Wildman–Crippen LogP) is 2.21. The van der Waals surface area contributed by atoms with Gasteiger partial charge in [0.2, 0.25) is 10.0 Å². The Morgan fingerprint density at radius 1 is 1.48 bits per heavy atom. The number of rotatable bonds is 5. The Bertz CT molecular complexity index is 673. The lowest BCUT2D eigenvalue weighted by Crippen LogP contribution is -2.27. The Kier molecular flexibility index (Phi) is 4.60. The van der Waals surface area contributed by atoms with Gasteiger partial charge in [-0.15, -0.1) is 0 Å². The number of nitrogens with one attached hydrogen (secondary N) is 1. The fourth-order valence-corrected chi connectivity index (χ4v) is 3.55. The number of primary sulfonamides is 1. The molecule has 1 aliphatic rings. The topological polar surface area (TPSA) is 89.3 Å². The molecule has 0 aliphatic heterocycles. The standard InChI is InChI=1S/C14H19ClN2O3S/c1-3-4-9-6-12(9)17-14(18)10-5-11(15)8(2)13(7-10)21(16,19)20/h5,7,9,12H,3-4,6H2,1-2H3,(H,17,18)(H2,16,19,20). The average Bonchev–Trinajstić information content (AvgIpc) is 3.09. The van der Waals surface area contributed by atoms with Crippen molar-refractivity contribution in [1.82, 2.24) is 5.32 Å². The normalized spacial score (nSPS) is 21.1. The van der Waals surface area contributed by atoms with E-state index in [9.17, 15) is 13.2 Å². The smallest absolute Gasteiger partial charge is 0.251 e. The molecule has 2 rings (SSSR count). The molecule has 0 radical (unpaired) electrons. The lowest BCUT2D eigenvalue weighted by molar-refractivity contribution is 0.0948. The van der Waals surface area contributed by atoms with Crippen LogP contribution in [-0.4, -0.2) is 20.4 Å². The van der Waals surface area contributed by atoms with Crippen molar-refractivity contribution in [2.75, 3.05) is 0 Å². The van der Waals surface area contributed by atoms with Gasteiger partial charge in [-0.05, 0) is 43.4 Å². The number of carbonyl (C=O) groups is 1. The van der Waals surface area contributed by atoms with Crippen molar-refractivity contribution in [2.24, 2.45) is 11.1 Å². The molecule has 0 bridgehead atoms. The first kappa shape index (κ1) is 16.3. The highest BCUT2D eigenvalue weighted by atomic mass is 35.5. The lowest BCUT2D eigenvalue weighted by atomic mass is 10.1. The number of hydrogen-bond acceptors (Lipinski definition) is 3. The maximum atomic E-state index is 12.2. The summed E-state index contributed by atoms with van der Waals surface area (Å²) >= 11 is 6.00. The van der Waals surface area contributed by atoms with E-state index in [0.29, 0.717) is 11.5 Å². The third-order valence-electron chi connectivity index (χ3n) is 3.76. The van der Waals surface area contributed by atoms with Crippen molar-refractivity contribution in [2.45, 2.75) is 44.0 Å². The zero-order valence-corrected chi connectivity index (χ0v) is 13.6. The molecular weight excluding hydrogens is 312 g/mol. The van der Waals surface area contributed by atoms with E-state index in [-0.39, 0.29) is 27.4 Å². The molecule has 2 unspecified atom stereocenters. The van der Waals surface area contributed by atoms with Crippen LogP contribution in [0.5, 0.6) is 0 Å². The highest BCUT2D eigenvalue weighted by molar-refractivity contribution is 7.89. The van der Waals surface area contributed by atoms with Crippen LogP contribution >= 0.6 is 11.6 Å². The predicted molar refractivity (Wildman–Crippen MR) is 81.8 cm³/mol. The highest BCUT2D eigenvalue weighted by Crippen LogP contribution is 2.35. The Balaban J connectivity index is 2.21. The molecule has 0 saturated heterocycles. The van der Waals surface area contributed by atoms with Crippen LogP contribution in [0.4, 0.5) is 0 Å². The number of carbonyl (C=O) groups excluding carboxylic acids is 1. The minimum absolute atomic E-state index is 0.110. The van der Waals surface area contributed by atoms with Crippen LogP contribution in [-0.2, 0) is 10.0 Å². The molecule has 3 N–H and O–H groups in total. The molecule has 7 heteroatoms. The van der Waals surface area contributed by atoms with Crippen molar-refractivity contribution in [3.05, 3.63) is 28.3 Å². The van der Waals surface area contributed by atoms with E-state index in [1.54, 1.807) is 6.92 Å². The van der Waals surface area contributed by atoms with Gasteiger partial charge in [0.25, 0.3) is 5.91 Å². The lowest BCUT2D eigenvalue weighted by Gasteiger charge is -2.10. The van der Waals surface area contributed by atoms with Crippen LogP contribution < -0.4 is 10.5 Å². The zero-order valence-electron chi connectivity index (χ0n) is 12.0. The van der Waals surface area contributed by atoms with Gasteiger partial charge >= 0.3 is 0 Å². The third kappa shape index (κ3) is 3.75. The Labute approximate surface area is 129 Å². The molecule has 0 heterocycles. The number of sulfonamides is 1. The second kappa shape index (κ2) is 5.94. The Hall–Kier alpha value is -1.11. The van der Waals surface area contributed by atoms with E-state index < -0.39 is 10.0 Å². The molecule has 21 heavy (non-hydrogen) atoms. The maximum absolute atomic E-state index is 12.2. The minimum atomic E-state index is -3.91. The molecule has 2 atom stereocenters. The number of amides is 1. The number of hydrogen-bond donors (Lipinski definition) is 2. The first-order valence-electron chi connectivity index (χ1n) is 6.87. The van der Waals surface area contributed by atoms with Crippen molar-refractivity contribution in [3.63, 3.8) is 0 Å². The summed E-state index contributed by atoms with van der Waals surface area (Å²) in [6.45, 7) is 3.66. The number of benzene rings is 1. The molecular formula is C14H19ClN2O3S. The quantitative estimate of drug-likeness (QED) is 0.867. The average molecular weight is 331 g/mol. The molecule has 1 aliphatic carbocycles. The SMILES string of the molecule is CCCC1CC1NC(=O)c1cc(Cl)c(C)c(S(N)(=O)=O)c1. The Morgan fingerprint density at radius 3 is 2.71 bits per heavy atom. The van der Waals surface area contributed by atoms with Crippen molar-refractivity contribution in [3.8, 4) is 0 Å².